The number of carbonyl (C=O) groups excluding carboxylic acids is 2. The fourth-order valence-corrected chi connectivity index (χ4v) is 4.02. The van der Waals surface area contributed by atoms with Gasteiger partial charge in [-0.3, -0.25) is 20.2 Å². The maximum absolute atomic E-state index is 13.1. The average molecular weight is 466 g/mol. The molecule has 0 aliphatic carbocycles. The van der Waals surface area contributed by atoms with Gasteiger partial charge in [-0.25, -0.2) is 13.9 Å². The molecule has 1 aromatic rings. The number of nitrogens with one attached hydrogen (secondary N) is 2. The van der Waals surface area contributed by atoms with Crippen molar-refractivity contribution in [1.82, 2.24) is 15.3 Å². The largest absolute Gasteiger partial charge is 0.289 e. The first-order chi connectivity index (χ1) is 15.1. The summed E-state index contributed by atoms with van der Waals surface area (Å²) in [6.07, 6.45) is 7.91. The van der Waals surface area contributed by atoms with Gasteiger partial charge in [0.1, 0.15) is 0 Å². The van der Waals surface area contributed by atoms with E-state index in [-0.39, 0.29) is 18.9 Å². The van der Waals surface area contributed by atoms with Gasteiger partial charge in [-0.2, -0.15) is 0 Å². The fraction of sp³-hybridized carbons (Fsp3) is 0.478. The lowest BCUT2D eigenvalue weighted by Crippen LogP contribution is -2.51. The molecule has 178 valence electrons. The zero-order valence-corrected chi connectivity index (χ0v) is 19.8. The van der Waals surface area contributed by atoms with E-state index in [1.54, 1.807) is 17.6 Å². The molecule has 2 atom stereocenters. The lowest BCUT2D eigenvalue weighted by Gasteiger charge is -2.28. The normalized spacial score (nSPS) is 13.8. The first kappa shape index (κ1) is 27.5. The second-order valence-electron chi connectivity index (χ2n) is 8.11. The van der Waals surface area contributed by atoms with Crippen LogP contribution in [0.5, 0.6) is 0 Å². The van der Waals surface area contributed by atoms with Crippen molar-refractivity contribution in [3.63, 3.8) is 0 Å². The van der Waals surface area contributed by atoms with Crippen molar-refractivity contribution in [2.45, 2.75) is 39.5 Å². The van der Waals surface area contributed by atoms with Gasteiger partial charge >= 0.3 is 0 Å². The highest BCUT2D eigenvalue weighted by molar-refractivity contribution is 7.88. The van der Waals surface area contributed by atoms with Crippen molar-refractivity contribution < 1.29 is 23.2 Å². The monoisotopic (exact) mass is 465 g/mol. The zero-order chi connectivity index (χ0) is 24.1. The van der Waals surface area contributed by atoms with Gasteiger partial charge in [0.2, 0.25) is 21.8 Å². The summed E-state index contributed by atoms with van der Waals surface area (Å²) in [7, 11) is -3.70. The predicted molar refractivity (Wildman–Crippen MR) is 126 cm³/mol. The van der Waals surface area contributed by atoms with Crippen LogP contribution in [0.1, 0.15) is 45.1 Å². The minimum absolute atomic E-state index is 0.0605. The summed E-state index contributed by atoms with van der Waals surface area (Å²) >= 11 is 0. The van der Waals surface area contributed by atoms with Gasteiger partial charge in [0.05, 0.1) is 18.1 Å². The molecule has 2 amide bonds. The van der Waals surface area contributed by atoms with Gasteiger partial charge in [0.15, 0.2) is 0 Å². The maximum Gasteiger partial charge on any atom is 0.247 e. The molecule has 0 aliphatic heterocycles. The van der Waals surface area contributed by atoms with E-state index in [2.05, 4.69) is 12.0 Å². The van der Waals surface area contributed by atoms with Gasteiger partial charge in [0.25, 0.3) is 0 Å². The van der Waals surface area contributed by atoms with Gasteiger partial charge in [-0.05, 0) is 37.2 Å². The molecular weight excluding hydrogens is 430 g/mol. The standard InChI is InChI=1S/C23H35N3O5S/c1-5-6-10-16-26(32(4,30)31)24-22(27)21(17-18(2)3)20(23(28)25-29)15-11-14-19-12-8-7-9-13-19/h5,7-9,11-14,18,20-21,29H,1,6,10,15-17H2,2-4H3,(H,24,27)(H,25,28)/b14-11+/t20-,21+/m0/s1. The quantitative estimate of drug-likeness (QED) is 0.169. The minimum atomic E-state index is -3.70. The number of unbranched alkanes of at least 4 members (excludes halogenated alkanes) is 1. The van der Waals surface area contributed by atoms with E-state index in [0.29, 0.717) is 19.3 Å². The molecule has 1 rings (SSSR count). The third-order valence-electron chi connectivity index (χ3n) is 4.90. The molecule has 0 fully saturated rings. The summed E-state index contributed by atoms with van der Waals surface area (Å²) in [6.45, 7) is 7.53. The Labute approximate surface area is 191 Å². The Morgan fingerprint density at radius 1 is 1.16 bits per heavy atom. The van der Waals surface area contributed by atoms with Crippen LogP contribution in [0.3, 0.4) is 0 Å². The first-order valence-corrected chi connectivity index (χ1v) is 12.5. The average Bonchev–Trinajstić information content (AvgIpc) is 2.74. The summed E-state index contributed by atoms with van der Waals surface area (Å²) in [5.41, 5.74) is 5.06. The molecule has 1 aromatic carbocycles. The number of benzene rings is 1. The van der Waals surface area contributed by atoms with Gasteiger partial charge in [0, 0.05) is 6.54 Å². The molecule has 3 N–H and O–H groups in total. The van der Waals surface area contributed by atoms with E-state index in [1.807, 2.05) is 50.3 Å². The van der Waals surface area contributed by atoms with Crippen molar-refractivity contribution in [2.75, 3.05) is 12.8 Å². The number of carbonyl (C=O) groups is 2. The zero-order valence-electron chi connectivity index (χ0n) is 19.0. The topological polar surface area (TPSA) is 116 Å². The van der Waals surface area contributed by atoms with Crippen LogP contribution in [0.15, 0.2) is 49.1 Å². The molecule has 8 nitrogen and oxygen atoms in total. The summed E-state index contributed by atoms with van der Waals surface area (Å²) in [4.78, 5) is 25.6. The molecule has 0 unspecified atom stereocenters. The highest BCUT2D eigenvalue weighted by Crippen LogP contribution is 2.26. The minimum Gasteiger partial charge on any atom is -0.289 e. The second kappa shape index (κ2) is 13.8. The Hall–Kier alpha value is -2.49. The van der Waals surface area contributed by atoms with Crippen LogP contribution in [-0.4, -0.2) is 42.7 Å². The molecule has 0 bridgehead atoms. The van der Waals surface area contributed by atoms with E-state index in [9.17, 15) is 23.2 Å². The third kappa shape index (κ3) is 9.76. The Morgan fingerprint density at radius 2 is 1.81 bits per heavy atom. The van der Waals surface area contributed by atoms with Gasteiger partial charge in [-0.1, -0.05) is 62.4 Å². The van der Waals surface area contributed by atoms with E-state index in [1.165, 1.54) is 0 Å². The Morgan fingerprint density at radius 3 is 2.34 bits per heavy atom. The van der Waals surface area contributed by atoms with Gasteiger partial charge < -0.3 is 0 Å². The first-order valence-electron chi connectivity index (χ1n) is 10.6. The van der Waals surface area contributed by atoms with E-state index in [4.69, 9.17) is 0 Å². The summed E-state index contributed by atoms with van der Waals surface area (Å²) in [6, 6.07) is 9.48. The molecule has 0 saturated heterocycles. The van der Waals surface area contributed by atoms with E-state index in [0.717, 1.165) is 16.2 Å². The molecule has 0 aliphatic rings. The smallest absolute Gasteiger partial charge is 0.247 e. The van der Waals surface area contributed by atoms with Crippen molar-refractivity contribution in [3.05, 3.63) is 54.6 Å². The number of nitrogens with zero attached hydrogens (tertiary/aromatic N) is 1. The van der Waals surface area contributed by atoms with Crippen LogP contribution in [0, 0.1) is 17.8 Å². The Kier molecular flexibility index (Phi) is 11.9. The number of hydrazine groups is 1. The molecule has 0 aromatic heterocycles. The van der Waals surface area contributed by atoms with Crippen LogP contribution in [0.25, 0.3) is 6.08 Å². The van der Waals surface area contributed by atoms with Crippen LogP contribution >= 0.6 is 0 Å². The molecule has 0 heterocycles. The number of hydrogen-bond donors (Lipinski definition) is 3. The van der Waals surface area contributed by atoms with E-state index >= 15 is 0 Å². The Bertz CT molecular complexity index is 869. The van der Waals surface area contributed by atoms with Crippen molar-refractivity contribution in [2.24, 2.45) is 17.8 Å². The third-order valence-corrected chi connectivity index (χ3v) is 5.97. The van der Waals surface area contributed by atoms with Crippen LogP contribution in [0.4, 0.5) is 0 Å². The number of hydrogen-bond acceptors (Lipinski definition) is 5. The molecular formula is C23H35N3O5S. The molecule has 0 radical (unpaired) electrons. The van der Waals surface area contributed by atoms with Crippen molar-refractivity contribution in [3.8, 4) is 0 Å². The highest BCUT2D eigenvalue weighted by Gasteiger charge is 2.35. The number of amides is 2. The Balaban J connectivity index is 3.11. The highest BCUT2D eigenvalue weighted by atomic mass is 32.2. The van der Waals surface area contributed by atoms with Crippen molar-refractivity contribution in [1.29, 1.82) is 0 Å². The number of sulfonamides is 1. The second-order valence-corrected chi connectivity index (χ2v) is 10.0. The summed E-state index contributed by atoms with van der Waals surface area (Å²) in [5, 5.41) is 9.27. The lowest BCUT2D eigenvalue weighted by atomic mass is 9.82. The number of allylic oxidation sites excluding steroid dienone is 2. The van der Waals surface area contributed by atoms with Gasteiger partial charge in [-0.15, -0.1) is 11.0 Å². The molecule has 0 saturated carbocycles. The molecule has 0 spiro atoms. The number of rotatable bonds is 14. The van der Waals surface area contributed by atoms with Crippen LogP contribution < -0.4 is 10.9 Å². The number of hydroxylamine groups is 1. The molecule has 32 heavy (non-hydrogen) atoms. The molecule has 9 heteroatoms. The summed E-state index contributed by atoms with van der Waals surface area (Å²) in [5.74, 6) is -2.93. The predicted octanol–water partition coefficient (Wildman–Crippen LogP) is 3.13. The fourth-order valence-electron chi connectivity index (χ4n) is 3.30. The van der Waals surface area contributed by atoms with Crippen LogP contribution in [-0.2, 0) is 19.6 Å². The summed E-state index contributed by atoms with van der Waals surface area (Å²) < 4.78 is 25.2. The van der Waals surface area contributed by atoms with Crippen LogP contribution in [0.2, 0.25) is 0 Å². The van der Waals surface area contributed by atoms with E-state index < -0.39 is 33.7 Å². The maximum atomic E-state index is 13.1. The SMILES string of the molecule is C=CCCCN(NC(=O)[C@H](CC(C)C)[C@H](C/C=C/c1ccccc1)C(=O)NO)S(C)(=O)=O. The van der Waals surface area contributed by atoms with Crippen molar-refractivity contribution >= 4 is 27.9 Å². The lowest BCUT2D eigenvalue weighted by molar-refractivity contribution is -0.141.